The monoisotopic (exact) mass is 414 g/mol. The molecule has 0 heterocycles. The van der Waals surface area contributed by atoms with E-state index >= 15 is 0 Å². The van der Waals surface area contributed by atoms with Gasteiger partial charge in [0.25, 0.3) is 0 Å². The highest BCUT2D eigenvalue weighted by molar-refractivity contribution is 6.74. The highest BCUT2D eigenvalue weighted by atomic mass is 28.4. The number of benzene rings is 2. The summed E-state index contributed by atoms with van der Waals surface area (Å²) in [6, 6.07) is 10.9. The average molecular weight is 415 g/mol. The Hall–Kier alpha value is -2.73. The molecule has 0 atom stereocenters. The number of esters is 1. The van der Waals surface area contributed by atoms with Gasteiger partial charge in [-0.2, -0.15) is 0 Å². The van der Waals surface area contributed by atoms with E-state index in [0.29, 0.717) is 11.3 Å². The maximum absolute atomic E-state index is 12.1. The Labute approximate surface area is 174 Å². The van der Waals surface area contributed by atoms with E-state index in [4.69, 9.17) is 13.9 Å². The minimum atomic E-state index is -1.89. The van der Waals surface area contributed by atoms with Crippen LogP contribution < -0.4 is 9.16 Å². The molecule has 1 N–H and O–H groups in total. The second-order valence-corrected chi connectivity index (χ2v) is 13.1. The lowest BCUT2D eigenvalue weighted by Gasteiger charge is -2.36. The fourth-order valence-electron chi connectivity index (χ4n) is 2.48. The van der Waals surface area contributed by atoms with Gasteiger partial charge in [-0.3, -0.25) is 0 Å². The van der Waals surface area contributed by atoms with Gasteiger partial charge in [0, 0.05) is 6.07 Å². The molecule has 2 aromatic carbocycles. The Morgan fingerprint density at radius 3 is 2.14 bits per heavy atom. The molecule has 0 aliphatic rings. The molecule has 0 bridgehead atoms. The van der Waals surface area contributed by atoms with Gasteiger partial charge in [-0.25, -0.2) is 4.79 Å². The summed E-state index contributed by atoms with van der Waals surface area (Å²) in [6.07, 6.45) is 3.61. The van der Waals surface area contributed by atoms with Crippen LogP contribution in [-0.4, -0.2) is 33.6 Å². The number of rotatable bonds is 6. The van der Waals surface area contributed by atoms with Crippen molar-refractivity contribution < 1.29 is 23.8 Å². The van der Waals surface area contributed by atoms with Gasteiger partial charge >= 0.3 is 5.97 Å². The number of hydrogen-bond donors (Lipinski definition) is 1. The van der Waals surface area contributed by atoms with Crippen molar-refractivity contribution in [1.29, 1.82) is 0 Å². The number of carbonyl (C=O) groups is 1. The summed E-state index contributed by atoms with van der Waals surface area (Å²) in [5.74, 6) is 0.507. The first-order chi connectivity index (χ1) is 13.5. The number of phenols is 1. The van der Waals surface area contributed by atoms with E-state index in [1.165, 1.54) is 20.3 Å². The van der Waals surface area contributed by atoms with E-state index in [9.17, 15) is 9.90 Å². The van der Waals surface area contributed by atoms with E-state index < -0.39 is 14.3 Å². The SMILES string of the molecule is COC(=O)c1c(O)cc(OC)cc1C=Cc1ccc(O[Si](C)(C)C(C)(C)C)cc1. The minimum absolute atomic E-state index is 0.0995. The number of aromatic hydroxyl groups is 1. The van der Waals surface area contributed by atoms with E-state index in [-0.39, 0.29) is 16.4 Å². The van der Waals surface area contributed by atoms with E-state index in [1.54, 1.807) is 12.1 Å². The Kier molecular flexibility index (Phi) is 6.80. The molecular weight excluding hydrogens is 384 g/mol. The lowest BCUT2D eigenvalue weighted by molar-refractivity contribution is 0.0597. The Morgan fingerprint density at radius 2 is 1.62 bits per heavy atom. The highest BCUT2D eigenvalue weighted by Gasteiger charge is 2.38. The molecular formula is C23H30O5Si. The number of methoxy groups -OCH3 is 2. The van der Waals surface area contributed by atoms with Gasteiger partial charge in [0.1, 0.15) is 22.8 Å². The first kappa shape index (κ1) is 22.6. The number of ether oxygens (including phenoxy) is 2. The van der Waals surface area contributed by atoms with Gasteiger partial charge in [0.2, 0.25) is 8.32 Å². The van der Waals surface area contributed by atoms with Crippen LogP contribution in [-0.2, 0) is 4.74 Å². The van der Waals surface area contributed by atoms with Crippen molar-refractivity contribution in [3.05, 3.63) is 53.1 Å². The molecule has 2 rings (SSSR count). The Balaban J connectivity index is 2.29. The highest BCUT2D eigenvalue weighted by Crippen LogP contribution is 2.37. The molecule has 2 aromatic rings. The van der Waals surface area contributed by atoms with Crippen LogP contribution in [0.5, 0.6) is 17.2 Å². The van der Waals surface area contributed by atoms with Crippen LogP contribution in [0.3, 0.4) is 0 Å². The molecule has 156 valence electrons. The third-order valence-corrected chi connectivity index (χ3v) is 9.62. The molecule has 0 unspecified atom stereocenters. The molecule has 0 spiro atoms. The van der Waals surface area contributed by atoms with E-state index in [0.717, 1.165) is 11.3 Å². The molecule has 0 saturated carbocycles. The van der Waals surface area contributed by atoms with Gasteiger partial charge in [-0.05, 0) is 47.5 Å². The second-order valence-electron chi connectivity index (χ2n) is 8.37. The summed E-state index contributed by atoms with van der Waals surface area (Å²) >= 11 is 0. The van der Waals surface area contributed by atoms with Crippen molar-refractivity contribution in [2.75, 3.05) is 14.2 Å². The summed E-state index contributed by atoms with van der Waals surface area (Å²) in [4.78, 5) is 12.1. The van der Waals surface area contributed by atoms with Gasteiger partial charge in [0.05, 0.1) is 14.2 Å². The van der Waals surface area contributed by atoms with E-state index in [2.05, 4.69) is 33.9 Å². The second kappa shape index (κ2) is 8.74. The summed E-state index contributed by atoms with van der Waals surface area (Å²) < 4.78 is 16.3. The summed E-state index contributed by atoms with van der Waals surface area (Å²) in [6.45, 7) is 11.0. The lowest BCUT2D eigenvalue weighted by atomic mass is 10.0. The van der Waals surface area contributed by atoms with Gasteiger partial charge < -0.3 is 19.0 Å². The number of hydrogen-bond acceptors (Lipinski definition) is 5. The summed E-state index contributed by atoms with van der Waals surface area (Å²) in [7, 11) is 0.893. The van der Waals surface area contributed by atoms with Crippen molar-refractivity contribution in [3.63, 3.8) is 0 Å². The summed E-state index contributed by atoms with van der Waals surface area (Å²) in [5.41, 5.74) is 1.54. The van der Waals surface area contributed by atoms with Crippen LogP contribution in [0.1, 0.15) is 42.3 Å². The largest absolute Gasteiger partial charge is 0.544 e. The van der Waals surface area contributed by atoms with Gasteiger partial charge in [-0.1, -0.05) is 45.1 Å². The first-order valence-electron chi connectivity index (χ1n) is 9.45. The number of phenolic OH excluding ortho intramolecular Hbond substituents is 1. The molecule has 0 saturated heterocycles. The van der Waals surface area contributed by atoms with Crippen LogP contribution in [0, 0.1) is 0 Å². The predicted octanol–water partition coefficient (Wildman–Crippen LogP) is 5.74. The third kappa shape index (κ3) is 5.41. The maximum atomic E-state index is 12.1. The molecule has 6 heteroatoms. The zero-order valence-electron chi connectivity index (χ0n) is 18.2. The Bertz CT molecular complexity index is 893. The quantitative estimate of drug-likeness (QED) is 0.371. The minimum Gasteiger partial charge on any atom is -0.544 e. The predicted molar refractivity (Wildman–Crippen MR) is 119 cm³/mol. The van der Waals surface area contributed by atoms with Crippen molar-refractivity contribution >= 4 is 26.4 Å². The van der Waals surface area contributed by atoms with Crippen LogP contribution in [0.25, 0.3) is 12.2 Å². The molecule has 0 radical (unpaired) electrons. The number of carbonyl (C=O) groups excluding carboxylic acids is 1. The van der Waals surface area contributed by atoms with Crippen molar-refractivity contribution in [1.82, 2.24) is 0 Å². The molecule has 0 amide bonds. The standard InChI is InChI=1S/C23H30O5Si/c1-23(2,3)29(6,7)28-18-12-9-16(10-13-18)8-11-17-14-19(26-4)15-20(24)21(17)22(25)27-5/h8-15,24H,1-7H3. The van der Waals surface area contributed by atoms with Crippen molar-refractivity contribution in [3.8, 4) is 17.2 Å². The van der Waals surface area contributed by atoms with E-state index in [1.807, 2.05) is 30.3 Å². The van der Waals surface area contributed by atoms with Gasteiger partial charge in [0.15, 0.2) is 0 Å². The third-order valence-electron chi connectivity index (χ3n) is 5.26. The lowest BCUT2D eigenvalue weighted by Crippen LogP contribution is -2.43. The van der Waals surface area contributed by atoms with Crippen LogP contribution >= 0.6 is 0 Å². The topological polar surface area (TPSA) is 65.0 Å². The fourth-order valence-corrected chi connectivity index (χ4v) is 3.51. The molecule has 0 aliphatic carbocycles. The molecule has 0 fully saturated rings. The van der Waals surface area contributed by atoms with Crippen LogP contribution in [0.4, 0.5) is 0 Å². The molecule has 0 aromatic heterocycles. The average Bonchev–Trinajstić information content (AvgIpc) is 2.65. The zero-order chi connectivity index (χ0) is 21.8. The van der Waals surface area contributed by atoms with Crippen LogP contribution in [0.2, 0.25) is 18.1 Å². The summed E-state index contributed by atoms with van der Waals surface area (Å²) in [5, 5.41) is 10.3. The Morgan fingerprint density at radius 1 is 1.00 bits per heavy atom. The fraction of sp³-hybridized carbons (Fsp3) is 0.348. The molecule has 0 aliphatic heterocycles. The van der Waals surface area contributed by atoms with Gasteiger partial charge in [-0.15, -0.1) is 0 Å². The molecule has 29 heavy (non-hydrogen) atoms. The van der Waals surface area contributed by atoms with Crippen molar-refractivity contribution in [2.24, 2.45) is 0 Å². The molecule has 5 nitrogen and oxygen atoms in total. The first-order valence-corrected chi connectivity index (χ1v) is 12.4. The van der Waals surface area contributed by atoms with Crippen molar-refractivity contribution in [2.45, 2.75) is 38.9 Å². The van der Waals surface area contributed by atoms with Crippen LogP contribution in [0.15, 0.2) is 36.4 Å². The normalized spacial score (nSPS) is 12.1. The zero-order valence-corrected chi connectivity index (χ0v) is 19.2. The smallest absolute Gasteiger partial charge is 0.342 e. The maximum Gasteiger partial charge on any atom is 0.342 e.